The third-order valence-electron chi connectivity index (χ3n) is 5.01. The monoisotopic (exact) mass is 340 g/mol. The predicted molar refractivity (Wildman–Crippen MR) is 92.4 cm³/mol. The van der Waals surface area contributed by atoms with Gasteiger partial charge < -0.3 is 5.11 Å². The third-order valence-corrected chi connectivity index (χ3v) is 5.01. The molecule has 0 amide bonds. The van der Waals surface area contributed by atoms with Crippen LogP contribution in [0.5, 0.6) is 0 Å². The van der Waals surface area contributed by atoms with Gasteiger partial charge in [-0.15, -0.1) is 0 Å². The maximum absolute atomic E-state index is 13.1. The number of hydrogen-bond acceptors (Lipinski definition) is 4. The maximum atomic E-state index is 13.1. The molecular formula is C19H21FN4O. The van der Waals surface area contributed by atoms with Gasteiger partial charge in [0.25, 0.3) is 0 Å². The van der Waals surface area contributed by atoms with Gasteiger partial charge in [0.1, 0.15) is 5.82 Å². The van der Waals surface area contributed by atoms with E-state index in [0.29, 0.717) is 12.5 Å². The molecule has 0 saturated carbocycles. The number of aliphatic hydroxyl groups is 1. The first-order valence-electron chi connectivity index (χ1n) is 8.64. The summed E-state index contributed by atoms with van der Waals surface area (Å²) in [5.41, 5.74) is 2.74. The van der Waals surface area contributed by atoms with E-state index in [1.165, 1.54) is 12.1 Å². The van der Waals surface area contributed by atoms with Crippen LogP contribution >= 0.6 is 0 Å². The summed E-state index contributed by atoms with van der Waals surface area (Å²) < 4.78 is 15.1. The van der Waals surface area contributed by atoms with E-state index in [1.807, 2.05) is 12.4 Å². The molecule has 4 rings (SSSR count). The quantitative estimate of drug-likeness (QED) is 0.776. The van der Waals surface area contributed by atoms with E-state index < -0.39 is 6.10 Å². The summed E-state index contributed by atoms with van der Waals surface area (Å²) in [5, 5.41) is 10.5. The van der Waals surface area contributed by atoms with Crippen molar-refractivity contribution in [3.63, 3.8) is 0 Å². The van der Waals surface area contributed by atoms with Crippen molar-refractivity contribution in [2.24, 2.45) is 0 Å². The topological polar surface area (TPSA) is 53.7 Å². The number of fused-ring (bicyclic) bond motifs is 1. The predicted octanol–water partition coefficient (Wildman–Crippen LogP) is 2.96. The molecule has 1 fully saturated rings. The average molecular weight is 340 g/mol. The first-order valence-corrected chi connectivity index (χ1v) is 8.64. The molecule has 130 valence electrons. The first kappa shape index (κ1) is 16.2. The minimum absolute atomic E-state index is 0.277. The molecule has 3 heterocycles. The molecular weight excluding hydrogens is 319 g/mol. The highest BCUT2D eigenvalue weighted by Crippen LogP contribution is 2.28. The van der Waals surface area contributed by atoms with Crippen LogP contribution in [0.25, 0.3) is 5.65 Å². The molecule has 25 heavy (non-hydrogen) atoms. The van der Waals surface area contributed by atoms with Crippen LogP contribution in [0.2, 0.25) is 0 Å². The van der Waals surface area contributed by atoms with Crippen molar-refractivity contribution in [3.05, 3.63) is 66.1 Å². The number of imidazole rings is 1. The van der Waals surface area contributed by atoms with E-state index in [1.54, 1.807) is 24.5 Å². The zero-order valence-corrected chi connectivity index (χ0v) is 13.9. The summed E-state index contributed by atoms with van der Waals surface area (Å²) in [6.45, 7) is 1.81. The van der Waals surface area contributed by atoms with E-state index in [-0.39, 0.29) is 5.82 Å². The number of rotatable bonds is 5. The van der Waals surface area contributed by atoms with Gasteiger partial charge in [-0.2, -0.15) is 0 Å². The molecule has 6 heteroatoms. The van der Waals surface area contributed by atoms with Crippen molar-refractivity contribution >= 4 is 5.65 Å². The van der Waals surface area contributed by atoms with Crippen LogP contribution in [0.3, 0.4) is 0 Å². The Morgan fingerprint density at radius 2 is 2.08 bits per heavy atom. The fourth-order valence-electron chi connectivity index (χ4n) is 3.67. The molecule has 3 aromatic rings. The van der Waals surface area contributed by atoms with E-state index in [9.17, 15) is 9.50 Å². The van der Waals surface area contributed by atoms with Gasteiger partial charge >= 0.3 is 0 Å². The van der Waals surface area contributed by atoms with Crippen molar-refractivity contribution in [1.82, 2.24) is 19.3 Å². The lowest BCUT2D eigenvalue weighted by Gasteiger charge is -2.26. The molecule has 0 aliphatic carbocycles. The standard InChI is InChI=1S/C19H21FN4O/c20-15-5-3-14(4-6-15)18(25)10-16-2-1-8-23(16)13-17-11-22-19-12-21-7-9-24(17)19/h3-7,9,11-12,16,18,25H,1-2,8,10,13H2/t16-,18+/m0/s1. The van der Waals surface area contributed by atoms with Gasteiger partial charge in [0.2, 0.25) is 0 Å². The smallest absolute Gasteiger partial charge is 0.155 e. The number of halogens is 1. The summed E-state index contributed by atoms with van der Waals surface area (Å²) >= 11 is 0. The third kappa shape index (κ3) is 3.41. The molecule has 0 bridgehead atoms. The van der Waals surface area contributed by atoms with Crippen molar-refractivity contribution in [3.8, 4) is 0 Å². The fraction of sp³-hybridized carbons (Fsp3) is 0.368. The Bertz CT molecular complexity index is 848. The molecule has 1 aliphatic rings. The second-order valence-electron chi connectivity index (χ2n) is 6.62. The lowest BCUT2D eigenvalue weighted by Crippen LogP contribution is -2.30. The Kier molecular flexibility index (Phi) is 4.46. The molecule has 1 aliphatic heterocycles. The Morgan fingerprint density at radius 1 is 1.24 bits per heavy atom. The SMILES string of the molecule is O[C@H](C[C@@H]1CCCN1Cc1cnc2cnccn12)c1ccc(F)cc1. The molecule has 2 atom stereocenters. The van der Waals surface area contributed by atoms with Crippen molar-refractivity contribution in [2.75, 3.05) is 6.54 Å². The number of likely N-dealkylation sites (tertiary alicyclic amines) is 1. The van der Waals surface area contributed by atoms with Gasteiger partial charge in [-0.3, -0.25) is 14.3 Å². The van der Waals surface area contributed by atoms with E-state index in [0.717, 1.165) is 42.8 Å². The highest BCUT2D eigenvalue weighted by molar-refractivity contribution is 5.36. The van der Waals surface area contributed by atoms with Crippen LogP contribution < -0.4 is 0 Å². The Hall–Kier alpha value is -2.31. The van der Waals surface area contributed by atoms with Gasteiger partial charge in [-0.1, -0.05) is 12.1 Å². The second-order valence-corrected chi connectivity index (χ2v) is 6.62. The van der Waals surface area contributed by atoms with Gasteiger partial charge in [-0.05, 0) is 43.5 Å². The van der Waals surface area contributed by atoms with Crippen molar-refractivity contribution in [1.29, 1.82) is 0 Å². The van der Waals surface area contributed by atoms with Gasteiger partial charge in [0.05, 0.1) is 24.2 Å². The summed E-state index contributed by atoms with van der Waals surface area (Å²) in [7, 11) is 0. The largest absolute Gasteiger partial charge is 0.388 e. The minimum atomic E-state index is -0.572. The molecule has 1 aromatic carbocycles. The molecule has 1 N–H and O–H groups in total. The van der Waals surface area contributed by atoms with Gasteiger partial charge in [0.15, 0.2) is 5.65 Å². The van der Waals surface area contributed by atoms with Crippen LogP contribution in [0.15, 0.2) is 49.1 Å². The van der Waals surface area contributed by atoms with Gasteiger partial charge in [0, 0.05) is 25.0 Å². The number of aromatic nitrogens is 3. The Morgan fingerprint density at radius 3 is 2.92 bits per heavy atom. The summed E-state index contributed by atoms with van der Waals surface area (Å²) in [5.74, 6) is -0.277. The number of hydrogen-bond donors (Lipinski definition) is 1. The average Bonchev–Trinajstić information content (AvgIpc) is 3.23. The van der Waals surface area contributed by atoms with Crippen LogP contribution in [-0.4, -0.2) is 37.0 Å². The van der Waals surface area contributed by atoms with Gasteiger partial charge in [-0.25, -0.2) is 9.37 Å². The highest BCUT2D eigenvalue weighted by atomic mass is 19.1. The Labute approximate surface area is 145 Å². The normalized spacial score (nSPS) is 19.5. The summed E-state index contributed by atoms with van der Waals surface area (Å²) in [4.78, 5) is 10.9. The zero-order chi connectivity index (χ0) is 17.2. The minimum Gasteiger partial charge on any atom is -0.388 e. The van der Waals surface area contributed by atoms with Crippen molar-refractivity contribution in [2.45, 2.75) is 38.0 Å². The lowest BCUT2D eigenvalue weighted by atomic mass is 10.0. The second kappa shape index (κ2) is 6.90. The molecule has 1 saturated heterocycles. The lowest BCUT2D eigenvalue weighted by molar-refractivity contribution is 0.117. The van der Waals surface area contributed by atoms with Crippen molar-refractivity contribution < 1.29 is 9.50 Å². The van der Waals surface area contributed by atoms with Crippen LogP contribution in [0.4, 0.5) is 4.39 Å². The zero-order valence-electron chi connectivity index (χ0n) is 13.9. The number of benzene rings is 1. The van der Waals surface area contributed by atoms with Crippen LogP contribution in [-0.2, 0) is 6.54 Å². The molecule has 2 aromatic heterocycles. The maximum Gasteiger partial charge on any atom is 0.155 e. The Balaban J connectivity index is 1.46. The fourth-order valence-corrected chi connectivity index (χ4v) is 3.67. The first-order chi connectivity index (χ1) is 12.2. The molecule has 5 nitrogen and oxygen atoms in total. The summed E-state index contributed by atoms with van der Waals surface area (Å²) in [6.07, 6.45) is 9.61. The molecule has 0 radical (unpaired) electrons. The van der Waals surface area contributed by atoms with E-state index in [2.05, 4.69) is 19.3 Å². The number of aliphatic hydroxyl groups excluding tert-OH is 1. The number of nitrogens with zero attached hydrogens (tertiary/aromatic N) is 4. The summed E-state index contributed by atoms with van der Waals surface area (Å²) in [6, 6.07) is 6.44. The van der Waals surface area contributed by atoms with Crippen LogP contribution in [0.1, 0.15) is 36.6 Å². The van der Waals surface area contributed by atoms with E-state index in [4.69, 9.17) is 0 Å². The highest BCUT2D eigenvalue weighted by Gasteiger charge is 2.27. The van der Waals surface area contributed by atoms with Crippen LogP contribution in [0, 0.1) is 5.82 Å². The molecule has 0 spiro atoms. The molecule has 0 unspecified atom stereocenters. The van der Waals surface area contributed by atoms with E-state index >= 15 is 0 Å².